The molecule has 0 aliphatic carbocycles. The van der Waals surface area contributed by atoms with Crippen molar-refractivity contribution in [1.82, 2.24) is 0 Å². The number of hydrogen-bond acceptors (Lipinski definition) is 1. The van der Waals surface area contributed by atoms with Gasteiger partial charge >= 0.3 is 0 Å². The highest BCUT2D eigenvalue weighted by atomic mass is 15.2. The summed E-state index contributed by atoms with van der Waals surface area (Å²) in [4.78, 5) is 2.37. The first-order chi connectivity index (χ1) is 18.0. The maximum Gasteiger partial charge on any atom is 0.112 e. The van der Waals surface area contributed by atoms with Gasteiger partial charge < -0.3 is 9.47 Å². The van der Waals surface area contributed by atoms with Crippen LogP contribution in [-0.4, -0.2) is 7.05 Å². The van der Waals surface area contributed by atoms with Crippen LogP contribution in [0, 0.1) is 7.05 Å². The largest absolute Gasteiger partial charge is 0.368 e. The van der Waals surface area contributed by atoms with E-state index < -0.39 is 0 Å². The lowest BCUT2D eigenvalue weighted by Crippen LogP contribution is -2.40. The normalized spacial score (nSPS) is 11.9. The summed E-state index contributed by atoms with van der Waals surface area (Å²) in [5, 5.41) is 0. The van der Waals surface area contributed by atoms with E-state index in [9.17, 15) is 0 Å². The molecule has 0 bridgehead atoms. The Bertz CT molecular complexity index is 1450. The van der Waals surface area contributed by atoms with Crippen LogP contribution in [0.5, 0.6) is 0 Å². The summed E-state index contributed by atoms with van der Waals surface area (Å²) in [5.74, 6) is 0.499. The van der Waals surface area contributed by atoms with Crippen molar-refractivity contribution >= 4 is 5.69 Å². The molecule has 0 aliphatic heterocycles. The maximum atomic E-state index is 4.55. The highest BCUT2D eigenvalue weighted by Gasteiger charge is 2.26. The lowest BCUT2D eigenvalue weighted by Gasteiger charge is -2.34. The number of anilines is 1. The van der Waals surface area contributed by atoms with Gasteiger partial charge in [-0.15, -0.1) is 0 Å². The van der Waals surface area contributed by atoms with Gasteiger partial charge in [0.1, 0.15) is 11.4 Å². The van der Waals surface area contributed by atoms with Crippen molar-refractivity contribution in [2.75, 3.05) is 11.9 Å². The lowest BCUT2D eigenvalue weighted by atomic mass is 9.91. The second kappa shape index (κ2) is 10.8. The Morgan fingerprint density at radius 2 is 1.22 bits per heavy atom. The summed E-state index contributed by atoms with van der Waals surface area (Å²) in [6.45, 7) is 4.47. The number of nitrogens with zero attached hydrogens (tertiary/aromatic N) is 2. The predicted molar refractivity (Wildman–Crippen MR) is 155 cm³/mol. The minimum Gasteiger partial charge on any atom is -0.368 e. The Morgan fingerprint density at radius 1 is 0.622 bits per heavy atom. The monoisotopic (exact) mass is 482 g/mol. The fourth-order valence-electron chi connectivity index (χ4n) is 5.08. The second-order valence-electron chi connectivity index (χ2n) is 9.84. The zero-order chi connectivity index (χ0) is 25.8. The molecule has 0 radical (unpaired) electrons. The fraction of sp³-hybridized carbons (Fsp3) is 0.143. The summed E-state index contributed by atoms with van der Waals surface area (Å²) in [5.41, 5.74) is 9.55. The van der Waals surface area contributed by atoms with E-state index in [0.29, 0.717) is 5.92 Å². The van der Waals surface area contributed by atoms with Gasteiger partial charge in [-0.3, -0.25) is 0 Å². The maximum absolute atomic E-state index is 4.55. The standard InChI is InChI=1S/C35H34N2/c1-26(2)27-22-24-30(25-23-27)36(3)35(32-19-12-11-18-31(32)28-14-7-5-8-15-28)34-21-13-20-33(37(34)4)29-16-9-6-10-17-29/h5-26,35H,4H2,1-3H3. The van der Waals surface area contributed by atoms with Crippen molar-refractivity contribution in [3.8, 4) is 22.4 Å². The third kappa shape index (κ3) is 5.01. The Labute approximate surface area is 221 Å². The molecular weight excluding hydrogens is 448 g/mol. The SMILES string of the molecule is [CH2-][n+]1c(-c2ccccc2)cccc1C(c1ccccc1-c1ccccc1)N(C)c1ccc(C(C)C)cc1. The molecule has 37 heavy (non-hydrogen) atoms. The molecule has 0 aliphatic rings. The van der Waals surface area contributed by atoms with Gasteiger partial charge in [-0.05, 0) is 58.0 Å². The molecule has 0 N–H and O–H groups in total. The molecule has 1 heterocycles. The topological polar surface area (TPSA) is 7.12 Å². The molecule has 2 heteroatoms. The fourth-order valence-corrected chi connectivity index (χ4v) is 5.08. The van der Waals surface area contributed by atoms with Crippen LogP contribution in [0.15, 0.2) is 127 Å². The molecule has 1 aromatic heterocycles. The van der Waals surface area contributed by atoms with Crippen LogP contribution in [0.25, 0.3) is 22.4 Å². The van der Waals surface area contributed by atoms with Crippen molar-refractivity contribution in [2.24, 2.45) is 0 Å². The average Bonchev–Trinajstić information content (AvgIpc) is 2.95. The van der Waals surface area contributed by atoms with Gasteiger partial charge in [0.15, 0.2) is 0 Å². The van der Waals surface area contributed by atoms with Crippen molar-refractivity contribution in [3.05, 3.63) is 151 Å². The van der Waals surface area contributed by atoms with Crippen molar-refractivity contribution in [3.63, 3.8) is 0 Å². The van der Waals surface area contributed by atoms with Crippen LogP contribution < -0.4 is 9.47 Å². The van der Waals surface area contributed by atoms with E-state index in [1.54, 1.807) is 0 Å². The summed E-state index contributed by atoms with van der Waals surface area (Å²) in [6.07, 6.45) is 0. The third-order valence-corrected chi connectivity index (χ3v) is 7.17. The molecule has 0 fully saturated rings. The van der Waals surface area contributed by atoms with Crippen LogP contribution in [0.3, 0.4) is 0 Å². The number of aromatic nitrogens is 1. The lowest BCUT2D eigenvalue weighted by molar-refractivity contribution is -0.610. The highest BCUT2D eigenvalue weighted by molar-refractivity contribution is 5.70. The highest BCUT2D eigenvalue weighted by Crippen LogP contribution is 2.37. The molecule has 1 atom stereocenters. The van der Waals surface area contributed by atoms with E-state index >= 15 is 0 Å². The number of benzene rings is 4. The number of pyridine rings is 1. The Kier molecular flexibility index (Phi) is 7.09. The zero-order valence-electron chi connectivity index (χ0n) is 21.9. The average molecular weight is 483 g/mol. The Hall–Kier alpha value is -4.30. The zero-order valence-corrected chi connectivity index (χ0v) is 21.9. The summed E-state index contributed by atoms with van der Waals surface area (Å²) in [7, 11) is 6.74. The van der Waals surface area contributed by atoms with Gasteiger partial charge in [0.2, 0.25) is 0 Å². The first-order valence-corrected chi connectivity index (χ1v) is 12.9. The molecule has 184 valence electrons. The molecule has 2 nitrogen and oxygen atoms in total. The Balaban J connectivity index is 1.70. The summed E-state index contributed by atoms with van der Waals surface area (Å²) < 4.78 is 2.10. The van der Waals surface area contributed by atoms with Gasteiger partial charge in [0, 0.05) is 19.8 Å². The van der Waals surface area contributed by atoms with Gasteiger partial charge in [-0.25, -0.2) is 0 Å². The van der Waals surface area contributed by atoms with Crippen molar-refractivity contribution in [1.29, 1.82) is 0 Å². The van der Waals surface area contributed by atoms with Crippen molar-refractivity contribution in [2.45, 2.75) is 25.8 Å². The second-order valence-corrected chi connectivity index (χ2v) is 9.84. The van der Waals surface area contributed by atoms with Crippen LogP contribution >= 0.6 is 0 Å². The number of hydrogen-bond donors (Lipinski definition) is 0. The molecule has 0 saturated carbocycles. The van der Waals surface area contributed by atoms with Crippen LogP contribution in [0.2, 0.25) is 0 Å². The molecule has 0 amide bonds. The quantitative estimate of drug-likeness (QED) is 0.167. The van der Waals surface area contributed by atoms with Gasteiger partial charge in [0.05, 0.1) is 6.04 Å². The molecule has 4 aromatic carbocycles. The van der Waals surface area contributed by atoms with Gasteiger partial charge in [-0.1, -0.05) is 117 Å². The summed E-state index contributed by atoms with van der Waals surface area (Å²) in [6, 6.07) is 45.3. The van der Waals surface area contributed by atoms with Gasteiger partial charge in [0.25, 0.3) is 0 Å². The van der Waals surface area contributed by atoms with E-state index in [4.69, 9.17) is 0 Å². The van der Waals surface area contributed by atoms with E-state index in [2.05, 4.69) is 159 Å². The molecule has 5 rings (SSSR count). The minimum absolute atomic E-state index is 0.0533. The summed E-state index contributed by atoms with van der Waals surface area (Å²) >= 11 is 0. The molecule has 0 spiro atoms. The van der Waals surface area contributed by atoms with Crippen LogP contribution in [0.4, 0.5) is 5.69 Å². The van der Waals surface area contributed by atoms with Crippen LogP contribution in [-0.2, 0) is 0 Å². The molecule has 5 aromatic rings. The van der Waals surface area contributed by atoms with E-state index in [1.807, 2.05) is 6.07 Å². The molecular formula is C35H34N2. The predicted octanol–water partition coefficient (Wildman–Crippen LogP) is 8.30. The Morgan fingerprint density at radius 3 is 1.86 bits per heavy atom. The van der Waals surface area contributed by atoms with Crippen LogP contribution in [0.1, 0.15) is 42.6 Å². The molecule has 0 saturated heterocycles. The third-order valence-electron chi connectivity index (χ3n) is 7.17. The van der Waals surface area contributed by atoms with E-state index in [1.165, 1.54) is 27.9 Å². The minimum atomic E-state index is -0.0533. The smallest absolute Gasteiger partial charge is 0.112 e. The first-order valence-electron chi connectivity index (χ1n) is 12.9. The first kappa shape index (κ1) is 24.4. The van der Waals surface area contributed by atoms with Gasteiger partial charge in [-0.2, -0.15) is 0 Å². The van der Waals surface area contributed by atoms with E-state index in [0.717, 1.165) is 17.0 Å². The van der Waals surface area contributed by atoms with Crippen molar-refractivity contribution < 1.29 is 4.57 Å². The molecule has 1 unspecified atom stereocenters. The van der Waals surface area contributed by atoms with E-state index in [-0.39, 0.29) is 6.04 Å². The number of rotatable bonds is 7.